The molecule has 2 aromatic carbocycles. The molecule has 0 bridgehead atoms. The van der Waals surface area contributed by atoms with E-state index in [2.05, 4.69) is 5.32 Å². The number of benzene rings is 2. The van der Waals surface area contributed by atoms with E-state index in [1.165, 1.54) is 26.2 Å². The van der Waals surface area contributed by atoms with Crippen LogP contribution in [-0.4, -0.2) is 39.8 Å². The number of carbonyl (C=O) groups is 1. The Labute approximate surface area is 148 Å². The fraction of sp³-hybridized carbons (Fsp3) is 0.278. The van der Waals surface area contributed by atoms with Gasteiger partial charge < -0.3 is 10.1 Å². The van der Waals surface area contributed by atoms with Crippen LogP contribution in [0.4, 0.5) is 0 Å². The first kappa shape index (κ1) is 19.0. The van der Waals surface area contributed by atoms with Crippen LogP contribution >= 0.6 is 0 Å². The quantitative estimate of drug-likeness (QED) is 0.856. The van der Waals surface area contributed by atoms with Crippen molar-refractivity contribution in [2.24, 2.45) is 0 Å². The molecular formula is C18H22N2O4S. The predicted molar refractivity (Wildman–Crippen MR) is 96.2 cm³/mol. The number of para-hydroxylation sites is 1. The predicted octanol–water partition coefficient (Wildman–Crippen LogP) is 2.44. The first-order chi connectivity index (χ1) is 11.8. The molecule has 0 aliphatic heterocycles. The monoisotopic (exact) mass is 362 g/mol. The highest BCUT2D eigenvalue weighted by atomic mass is 32.2. The van der Waals surface area contributed by atoms with Crippen molar-refractivity contribution in [3.8, 4) is 5.75 Å². The van der Waals surface area contributed by atoms with Gasteiger partial charge in [0.05, 0.1) is 18.0 Å². The summed E-state index contributed by atoms with van der Waals surface area (Å²) in [6, 6.07) is 13.1. The van der Waals surface area contributed by atoms with Gasteiger partial charge in [-0.25, -0.2) is 12.7 Å². The summed E-state index contributed by atoms with van der Waals surface area (Å²) < 4.78 is 30.8. The zero-order valence-corrected chi connectivity index (χ0v) is 15.5. The molecule has 0 radical (unpaired) electrons. The third-order valence-corrected chi connectivity index (χ3v) is 5.64. The van der Waals surface area contributed by atoms with E-state index in [0.29, 0.717) is 5.75 Å². The number of rotatable bonds is 6. The van der Waals surface area contributed by atoms with E-state index in [9.17, 15) is 13.2 Å². The van der Waals surface area contributed by atoms with Crippen molar-refractivity contribution in [1.29, 1.82) is 0 Å². The molecular weight excluding hydrogens is 340 g/mol. The van der Waals surface area contributed by atoms with Gasteiger partial charge in [0.25, 0.3) is 5.91 Å². The number of ether oxygens (including phenoxy) is 1. The van der Waals surface area contributed by atoms with Gasteiger partial charge in [0.2, 0.25) is 10.0 Å². The van der Waals surface area contributed by atoms with Crippen LogP contribution in [0.3, 0.4) is 0 Å². The molecule has 0 spiro atoms. The summed E-state index contributed by atoms with van der Waals surface area (Å²) in [5, 5.41) is 2.87. The Morgan fingerprint density at radius 1 is 1.12 bits per heavy atom. The Hall–Kier alpha value is -2.38. The van der Waals surface area contributed by atoms with Crippen LogP contribution in [0.15, 0.2) is 53.4 Å². The standard InChI is InChI=1S/C18H22N2O4S/c1-13(16-10-5-6-11-17(16)24-4)19-18(21)14-8-7-9-15(12-14)25(22,23)20(2)3/h5-13H,1-4H3,(H,19,21)/t13-/m0/s1. The van der Waals surface area contributed by atoms with Crippen molar-refractivity contribution in [3.05, 3.63) is 59.7 Å². The van der Waals surface area contributed by atoms with E-state index >= 15 is 0 Å². The summed E-state index contributed by atoms with van der Waals surface area (Å²) in [6.45, 7) is 1.84. The third-order valence-electron chi connectivity index (χ3n) is 3.83. The topological polar surface area (TPSA) is 75.7 Å². The number of carbonyl (C=O) groups excluding carboxylic acids is 1. The fourth-order valence-electron chi connectivity index (χ4n) is 2.39. The Morgan fingerprint density at radius 3 is 2.44 bits per heavy atom. The molecule has 6 nitrogen and oxygen atoms in total. The van der Waals surface area contributed by atoms with Crippen molar-refractivity contribution in [3.63, 3.8) is 0 Å². The van der Waals surface area contributed by atoms with E-state index in [4.69, 9.17) is 4.74 Å². The van der Waals surface area contributed by atoms with Gasteiger partial charge in [-0.1, -0.05) is 24.3 Å². The normalized spacial score (nSPS) is 12.7. The molecule has 0 unspecified atom stereocenters. The summed E-state index contributed by atoms with van der Waals surface area (Å²) in [4.78, 5) is 12.6. The van der Waals surface area contributed by atoms with Crippen LogP contribution in [0.25, 0.3) is 0 Å². The number of nitrogens with one attached hydrogen (secondary N) is 1. The van der Waals surface area contributed by atoms with Gasteiger partial charge in [0, 0.05) is 25.2 Å². The molecule has 0 fully saturated rings. The maximum atomic E-state index is 12.5. The van der Waals surface area contributed by atoms with E-state index in [0.717, 1.165) is 9.87 Å². The number of nitrogens with zero attached hydrogens (tertiary/aromatic N) is 1. The van der Waals surface area contributed by atoms with Gasteiger partial charge in [0.15, 0.2) is 0 Å². The lowest BCUT2D eigenvalue weighted by Crippen LogP contribution is -2.27. The first-order valence-corrected chi connectivity index (χ1v) is 9.17. The lowest BCUT2D eigenvalue weighted by Gasteiger charge is -2.18. The number of amides is 1. The average Bonchev–Trinajstić information content (AvgIpc) is 2.61. The second-order valence-corrected chi connectivity index (χ2v) is 7.90. The lowest BCUT2D eigenvalue weighted by atomic mass is 10.1. The van der Waals surface area contributed by atoms with Crippen LogP contribution in [0.5, 0.6) is 5.75 Å². The van der Waals surface area contributed by atoms with Crippen LogP contribution in [-0.2, 0) is 10.0 Å². The molecule has 7 heteroatoms. The van der Waals surface area contributed by atoms with Crippen molar-refractivity contribution in [2.45, 2.75) is 17.9 Å². The summed E-state index contributed by atoms with van der Waals surface area (Å²) >= 11 is 0. The minimum absolute atomic E-state index is 0.0788. The zero-order valence-electron chi connectivity index (χ0n) is 14.7. The average molecular weight is 362 g/mol. The highest BCUT2D eigenvalue weighted by molar-refractivity contribution is 7.89. The molecule has 0 aliphatic rings. The van der Waals surface area contributed by atoms with E-state index in [1.807, 2.05) is 31.2 Å². The maximum Gasteiger partial charge on any atom is 0.251 e. The lowest BCUT2D eigenvalue weighted by molar-refractivity contribution is 0.0939. The minimum atomic E-state index is -3.59. The second-order valence-electron chi connectivity index (χ2n) is 5.75. The number of methoxy groups -OCH3 is 1. The van der Waals surface area contributed by atoms with Crippen LogP contribution in [0.2, 0.25) is 0 Å². The van der Waals surface area contributed by atoms with Gasteiger partial charge in [-0.15, -0.1) is 0 Å². The smallest absolute Gasteiger partial charge is 0.251 e. The molecule has 0 saturated carbocycles. The van der Waals surface area contributed by atoms with Crippen molar-refractivity contribution in [1.82, 2.24) is 9.62 Å². The van der Waals surface area contributed by atoms with Gasteiger partial charge in [-0.3, -0.25) is 4.79 Å². The number of hydrogen-bond acceptors (Lipinski definition) is 4. The molecule has 2 rings (SSSR count). The molecule has 25 heavy (non-hydrogen) atoms. The van der Waals surface area contributed by atoms with Crippen molar-refractivity contribution < 1.29 is 17.9 Å². The largest absolute Gasteiger partial charge is 0.496 e. The Bertz CT molecular complexity index is 863. The van der Waals surface area contributed by atoms with E-state index in [1.54, 1.807) is 19.2 Å². The van der Waals surface area contributed by atoms with Gasteiger partial charge in [0.1, 0.15) is 5.75 Å². The summed E-state index contributed by atoms with van der Waals surface area (Å²) in [5.41, 5.74) is 1.13. The number of hydrogen-bond donors (Lipinski definition) is 1. The third kappa shape index (κ3) is 4.18. The molecule has 1 atom stereocenters. The fourth-order valence-corrected chi connectivity index (χ4v) is 3.34. The Morgan fingerprint density at radius 2 is 1.80 bits per heavy atom. The van der Waals surface area contributed by atoms with Crippen LogP contribution < -0.4 is 10.1 Å². The van der Waals surface area contributed by atoms with E-state index < -0.39 is 10.0 Å². The van der Waals surface area contributed by atoms with Crippen LogP contribution in [0, 0.1) is 0 Å². The molecule has 1 amide bonds. The van der Waals surface area contributed by atoms with Gasteiger partial charge in [-0.2, -0.15) is 0 Å². The summed E-state index contributed by atoms with van der Waals surface area (Å²) in [7, 11) is 0.882. The van der Waals surface area contributed by atoms with Crippen LogP contribution in [0.1, 0.15) is 28.9 Å². The van der Waals surface area contributed by atoms with Gasteiger partial charge in [-0.05, 0) is 31.2 Å². The molecule has 1 N–H and O–H groups in total. The minimum Gasteiger partial charge on any atom is -0.496 e. The zero-order chi connectivity index (χ0) is 18.6. The second kappa shape index (κ2) is 7.67. The molecule has 0 aromatic heterocycles. The van der Waals surface area contributed by atoms with Gasteiger partial charge >= 0.3 is 0 Å². The molecule has 134 valence electrons. The maximum absolute atomic E-state index is 12.5. The van der Waals surface area contributed by atoms with Crippen molar-refractivity contribution in [2.75, 3.05) is 21.2 Å². The molecule has 0 aliphatic carbocycles. The Kier molecular flexibility index (Phi) is 5.81. The molecule has 0 saturated heterocycles. The first-order valence-electron chi connectivity index (χ1n) is 7.73. The SMILES string of the molecule is COc1ccccc1[C@H](C)NC(=O)c1cccc(S(=O)(=O)N(C)C)c1. The summed E-state index contributed by atoms with van der Waals surface area (Å²) in [5.74, 6) is 0.327. The van der Waals surface area contributed by atoms with Crippen molar-refractivity contribution >= 4 is 15.9 Å². The highest BCUT2D eigenvalue weighted by Crippen LogP contribution is 2.24. The van der Waals surface area contributed by atoms with E-state index in [-0.39, 0.29) is 22.4 Å². The Balaban J connectivity index is 2.24. The molecule has 2 aromatic rings. The molecule has 0 heterocycles. The number of sulfonamides is 1. The summed E-state index contributed by atoms with van der Waals surface area (Å²) in [6.07, 6.45) is 0. The highest BCUT2D eigenvalue weighted by Gasteiger charge is 2.20.